The van der Waals surface area contributed by atoms with Gasteiger partial charge in [-0.15, -0.1) is 0 Å². The number of piperidine rings is 1. The standard InChI is InChI=1S/C20H20N4O2/c25-19-16-6-2-1-5-14(16)13-17(23-19)20(26)22-15-8-11-24(12-9-15)18-7-3-4-10-21-18/h1-7,10,13,15H,8-9,11-12H2,(H,22,26)(H,23,25). The summed E-state index contributed by atoms with van der Waals surface area (Å²) in [4.78, 5) is 34.0. The fourth-order valence-corrected chi connectivity index (χ4v) is 3.39. The van der Waals surface area contributed by atoms with Crippen LogP contribution in [0, 0.1) is 0 Å². The summed E-state index contributed by atoms with van der Waals surface area (Å²) in [6, 6.07) is 15.0. The predicted molar refractivity (Wildman–Crippen MR) is 102 cm³/mol. The highest BCUT2D eigenvalue weighted by molar-refractivity contribution is 5.96. The summed E-state index contributed by atoms with van der Waals surface area (Å²) in [5.41, 5.74) is 0.0686. The summed E-state index contributed by atoms with van der Waals surface area (Å²) in [5, 5.41) is 4.40. The van der Waals surface area contributed by atoms with Crippen molar-refractivity contribution in [3.05, 3.63) is 70.8 Å². The number of hydrogen-bond acceptors (Lipinski definition) is 4. The van der Waals surface area contributed by atoms with E-state index in [-0.39, 0.29) is 17.5 Å². The topological polar surface area (TPSA) is 78.1 Å². The molecule has 0 unspecified atom stereocenters. The summed E-state index contributed by atoms with van der Waals surface area (Å²) in [6.07, 6.45) is 3.49. The predicted octanol–water partition coefficient (Wildman–Crippen LogP) is 2.32. The molecule has 3 heterocycles. The number of benzene rings is 1. The number of nitrogens with zero attached hydrogens (tertiary/aromatic N) is 2. The smallest absolute Gasteiger partial charge is 0.268 e. The Morgan fingerprint density at radius 3 is 2.65 bits per heavy atom. The molecule has 1 aliphatic heterocycles. The highest BCUT2D eigenvalue weighted by Gasteiger charge is 2.22. The summed E-state index contributed by atoms with van der Waals surface area (Å²) < 4.78 is 0. The highest BCUT2D eigenvalue weighted by atomic mass is 16.2. The van der Waals surface area contributed by atoms with Crippen LogP contribution in [0.5, 0.6) is 0 Å². The maximum Gasteiger partial charge on any atom is 0.268 e. The van der Waals surface area contributed by atoms with Crippen molar-refractivity contribution in [3.8, 4) is 0 Å². The van der Waals surface area contributed by atoms with Gasteiger partial charge >= 0.3 is 0 Å². The number of pyridine rings is 2. The molecule has 1 fully saturated rings. The Kier molecular flexibility index (Phi) is 4.39. The maximum atomic E-state index is 12.6. The molecule has 3 aromatic rings. The van der Waals surface area contributed by atoms with Gasteiger partial charge in [0.2, 0.25) is 0 Å². The van der Waals surface area contributed by atoms with E-state index in [0.29, 0.717) is 11.1 Å². The number of carbonyl (C=O) groups excluding carboxylic acids is 1. The largest absolute Gasteiger partial charge is 0.356 e. The van der Waals surface area contributed by atoms with Gasteiger partial charge in [-0.05, 0) is 42.5 Å². The van der Waals surface area contributed by atoms with Crippen molar-refractivity contribution in [2.75, 3.05) is 18.0 Å². The van der Waals surface area contributed by atoms with Gasteiger partial charge in [-0.3, -0.25) is 9.59 Å². The molecular weight excluding hydrogens is 328 g/mol. The molecule has 6 nitrogen and oxygen atoms in total. The van der Waals surface area contributed by atoms with Gasteiger partial charge in [-0.1, -0.05) is 24.3 Å². The Balaban J connectivity index is 1.42. The van der Waals surface area contributed by atoms with Crippen molar-refractivity contribution in [3.63, 3.8) is 0 Å². The monoisotopic (exact) mass is 348 g/mol. The average molecular weight is 348 g/mol. The van der Waals surface area contributed by atoms with Crippen molar-refractivity contribution in [1.82, 2.24) is 15.3 Å². The SMILES string of the molecule is O=C(NC1CCN(c2ccccn2)CC1)c1cc2ccccc2c(=O)[nH]1. The number of hydrogen-bond donors (Lipinski definition) is 2. The van der Waals surface area contributed by atoms with Gasteiger partial charge in [-0.25, -0.2) is 4.98 Å². The fraction of sp³-hybridized carbons (Fsp3) is 0.250. The van der Waals surface area contributed by atoms with Crippen LogP contribution >= 0.6 is 0 Å². The number of carbonyl (C=O) groups is 1. The number of H-pyrrole nitrogens is 1. The number of rotatable bonds is 3. The van der Waals surface area contributed by atoms with Gasteiger partial charge in [-0.2, -0.15) is 0 Å². The van der Waals surface area contributed by atoms with Crippen LogP contribution in [0.15, 0.2) is 59.5 Å². The lowest BCUT2D eigenvalue weighted by Gasteiger charge is -2.33. The first-order valence-electron chi connectivity index (χ1n) is 8.79. The molecule has 26 heavy (non-hydrogen) atoms. The number of aromatic nitrogens is 2. The lowest BCUT2D eigenvalue weighted by atomic mass is 10.0. The molecule has 1 aliphatic rings. The Bertz CT molecular complexity index is 976. The van der Waals surface area contributed by atoms with Crippen molar-refractivity contribution < 1.29 is 4.79 Å². The van der Waals surface area contributed by atoms with E-state index >= 15 is 0 Å². The third-order valence-corrected chi connectivity index (χ3v) is 4.80. The van der Waals surface area contributed by atoms with E-state index in [4.69, 9.17) is 0 Å². The van der Waals surface area contributed by atoms with E-state index in [2.05, 4.69) is 20.2 Å². The van der Waals surface area contributed by atoms with Gasteiger partial charge < -0.3 is 15.2 Å². The zero-order valence-corrected chi connectivity index (χ0v) is 14.3. The zero-order valence-electron chi connectivity index (χ0n) is 14.3. The van der Waals surface area contributed by atoms with Gasteiger partial charge in [0.1, 0.15) is 11.5 Å². The lowest BCUT2D eigenvalue weighted by Crippen LogP contribution is -2.45. The van der Waals surface area contributed by atoms with Crippen molar-refractivity contribution in [1.29, 1.82) is 0 Å². The first-order chi connectivity index (χ1) is 12.7. The Labute approximate surface area is 150 Å². The van der Waals surface area contributed by atoms with E-state index in [9.17, 15) is 9.59 Å². The molecule has 132 valence electrons. The van der Waals surface area contributed by atoms with Crippen molar-refractivity contribution in [2.45, 2.75) is 18.9 Å². The molecule has 0 spiro atoms. The number of fused-ring (bicyclic) bond motifs is 1. The first-order valence-corrected chi connectivity index (χ1v) is 8.79. The minimum absolute atomic E-state index is 0.0948. The van der Waals surface area contributed by atoms with E-state index in [1.165, 1.54) is 0 Å². The Morgan fingerprint density at radius 2 is 1.88 bits per heavy atom. The zero-order chi connectivity index (χ0) is 17.9. The number of aromatic amines is 1. The van der Waals surface area contributed by atoms with Gasteiger partial charge in [0.25, 0.3) is 11.5 Å². The van der Waals surface area contributed by atoms with Crippen LogP contribution in [0.3, 0.4) is 0 Å². The number of anilines is 1. The molecule has 1 aromatic carbocycles. The molecule has 6 heteroatoms. The molecule has 0 saturated carbocycles. The summed E-state index contributed by atoms with van der Waals surface area (Å²) in [7, 11) is 0. The third kappa shape index (κ3) is 3.31. The molecule has 0 bridgehead atoms. The molecule has 0 aliphatic carbocycles. The molecule has 2 aromatic heterocycles. The van der Waals surface area contributed by atoms with Crippen molar-refractivity contribution >= 4 is 22.5 Å². The summed E-state index contributed by atoms with van der Waals surface area (Å²) >= 11 is 0. The molecule has 0 radical (unpaired) electrons. The van der Waals surface area contributed by atoms with Gasteiger partial charge in [0.05, 0.1) is 0 Å². The van der Waals surface area contributed by atoms with Crippen LogP contribution in [0.4, 0.5) is 5.82 Å². The summed E-state index contributed by atoms with van der Waals surface area (Å²) in [5.74, 6) is 0.736. The van der Waals surface area contributed by atoms with Crippen molar-refractivity contribution in [2.24, 2.45) is 0 Å². The van der Waals surface area contributed by atoms with E-state index in [0.717, 1.165) is 37.1 Å². The van der Waals surface area contributed by atoms with Crippen LogP contribution in [0.2, 0.25) is 0 Å². The molecular formula is C20H20N4O2. The third-order valence-electron chi connectivity index (χ3n) is 4.80. The summed E-state index contributed by atoms with van der Waals surface area (Å²) in [6.45, 7) is 1.69. The van der Waals surface area contributed by atoms with Crippen LogP contribution in [-0.2, 0) is 0 Å². The minimum atomic E-state index is -0.238. The molecule has 1 saturated heterocycles. The number of nitrogens with one attached hydrogen (secondary N) is 2. The maximum absolute atomic E-state index is 12.6. The van der Waals surface area contributed by atoms with Crippen LogP contribution in [0.25, 0.3) is 10.8 Å². The Hall–Kier alpha value is -3.15. The second-order valence-electron chi connectivity index (χ2n) is 6.52. The van der Waals surface area contributed by atoms with Crippen LogP contribution in [-0.4, -0.2) is 35.0 Å². The normalized spacial score (nSPS) is 15.2. The van der Waals surface area contributed by atoms with Crippen LogP contribution in [0.1, 0.15) is 23.3 Å². The average Bonchev–Trinajstić information content (AvgIpc) is 2.69. The first kappa shape index (κ1) is 16.3. The molecule has 1 amide bonds. The van der Waals surface area contributed by atoms with E-state index < -0.39 is 0 Å². The molecule has 4 rings (SSSR count). The van der Waals surface area contributed by atoms with Gasteiger partial charge in [0.15, 0.2) is 0 Å². The van der Waals surface area contributed by atoms with E-state index in [1.54, 1.807) is 18.3 Å². The fourth-order valence-electron chi connectivity index (χ4n) is 3.39. The number of amides is 1. The molecule has 0 atom stereocenters. The van der Waals surface area contributed by atoms with Gasteiger partial charge in [0, 0.05) is 30.7 Å². The van der Waals surface area contributed by atoms with Crippen LogP contribution < -0.4 is 15.8 Å². The lowest BCUT2D eigenvalue weighted by molar-refractivity contribution is 0.0926. The molecule has 2 N–H and O–H groups in total. The van der Waals surface area contributed by atoms with E-state index in [1.807, 2.05) is 36.4 Å². The minimum Gasteiger partial charge on any atom is -0.356 e. The Morgan fingerprint density at radius 1 is 1.12 bits per heavy atom. The second-order valence-corrected chi connectivity index (χ2v) is 6.52. The highest BCUT2D eigenvalue weighted by Crippen LogP contribution is 2.17. The quantitative estimate of drug-likeness (QED) is 0.761. The second kappa shape index (κ2) is 7.00.